The van der Waals surface area contributed by atoms with Gasteiger partial charge in [0.25, 0.3) is 5.91 Å². The van der Waals surface area contributed by atoms with Gasteiger partial charge >= 0.3 is 0 Å². The number of nitrogens with one attached hydrogen (secondary N) is 1. The zero-order valence-corrected chi connectivity index (χ0v) is 20.0. The Balaban J connectivity index is 1.14. The van der Waals surface area contributed by atoms with E-state index in [9.17, 15) is 9.59 Å². The van der Waals surface area contributed by atoms with Crippen molar-refractivity contribution in [1.29, 1.82) is 0 Å². The topological polar surface area (TPSA) is 62.3 Å². The molecule has 0 atom stereocenters. The molecule has 6 heteroatoms. The fourth-order valence-electron chi connectivity index (χ4n) is 4.45. The number of benzene rings is 3. The lowest BCUT2D eigenvalue weighted by Gasteiger charge is -2.31. The van der Waals surface area contributed by atoms with Gasteiger partial charge in [-0.25, -0.2) is 4.98 Å². The number of aromatic nitrogens is 1. The average molecular weight is 470 g/mol. The third-order valence-corrected chi connectivity index (χ3v) is 7.48. The smallest absolute Gasteiger partial charge is 0.254 e. The highest BCUT2D eigenvalue weighted by atomic mass is 32.1. The van der Waals surface area contributed by atoms with Gasteiger partial charge in [0.15, 0.2) is 0 Å². The van der Waals surface area contributed by atoms with Gasteiger partial charge < -0.3 is 10.2 Å². The van der Waals surface area contributed by atoms with E-state index in [4.69, 9.17) is 4.98 Å². The Morgan fingerprint density at radius 2 is 1.68 bits per heavy atom. The normalized spacial score (nSPS) is 14.3. The van der Waals surface area contributed by atoms with Gasteiger partial charge in [-0.2, -0.15) is 0 Å². The van der Waals surface area contributed by atoms with E-state index < -0.39 is 0 Å². The molecule has 3 aromatic carbocycles. The fourth-order valence-corrected chi connectivity index (χ4v) is 5.45. The number of thiazole rings is 1. The van der Waals surface area contributed by atoms with Gasteiger partial charge in [0.05, 0.1) is 15.2 Å². The Labute approximate surface area is 203 Å². The third-order valence-electron chi connectivity index (χ3n) is 6.44. The molecule has 0 saturated carbocycles. The molecule has 1 aliphatic heterocycles. The third kappa shape index (κ3) is 4.87. The highest BCUT2D eigenvalue weighted by Gasteiger charge is 2.28. The molecule has 1 saturated heterocycles. The van der Waals surface area contributed by atoms with E-state index in [1.165, 1.54) is 10.3 Å². The number of hydrogen-bond donors (Lipinski definition) is 1. The molecule has 172 valence electrons. The summed E-state index contributed by atoms with van der Waals surface area (Å²) in [6, 6.07) is 23.8. The lowest BCUT2D eigenvalue weighted by Crippen LogP contribution is -2.41. The minimum atomic E-state index is -0.0802. The second-order valence-electron chi connectivity index (χ2n) is 8.82. The molecule has 4 aromatic rings. The average Bonchev–Trinajstić information content (AvgIpc) is 3.27. The number of anilines is 1. The van der Waals surface area contributed by atoms with Crippen molar-refractivity contribution in [3.8, 4) is 0 Å². The molecule has 2 heterocycles. The van der Waals surface area contributed by atoms with E-state index in [-0.39, 0.29) is 17.7 Å². The predicted molar refractivity (Wildman–Crippen MR) is 137 cm³/mol. The van der Waals surface area contributed by atoms with Crippen molar-refractivity contribution in [2.45, 2.75) is 26.2 Å². The van der Waals surface area contributed by atoms with Gasteiger partial charge in [-0.15, -0.1) is 11.3 Å². The Morgan fingerprint density at radius 3 is 2.41 bits per heavy atom. The van der Waals surface area contributed by atoms with Crippen LogP contribution in [0.5, 0.6) is 0 Å². The van der Waals surface area contributed by atoms with Crippen LogP contribution in [0.15, 0.2) is 72.8 Å². The van der Waals surface area contributed by atoms with Gasteiger partial charge in [-0.05, 0) is 61.2 Å². The number of carbonyl (C=O) groups excluding carboxylic acids is 2. The van der Waals surface area contributed by atoms with Crippen molar-refractivity contribution in [3.63, 3.8) is 0 Å². The molecular formula is C28H27N3O2S. The van der Waals surface area contributed by atoms with Crippen LogP contribution in [-0.2, 0) is 11.2 Å². The number of hydrogen-bond acceptors (Lipinski definition) is 4. The molecule has 0 radical (unpaired) electrons. The summed E-state index contributed by atoms with van der Waals surface area (Å²) in [7, 11) is 0. The Kier molecular flexibility index (Phi) is 6.41. The lowest BCUT2D eigenvalue weighted by atomic mass is 9.95. The number of piperidine rings is 1. The van der Waals surface area contributed by atoms with Gasteiger partial charge in [-0.1, -0.05) is 42.5 Å². The molecule has 1 N–H and O–H groups in total. The van der Waals surface area contributed by atoms with E-state index in [0.717, 1.165) is 33.8 Å². The molecule has 34 heavy (non-hydrogen) atoms. The van der Waals surface area contributed by atoms with Gasteiger partial charge in [-0.3, -0.25) is 9.59 Å². The Hall–Kier alpha value is -3.51. The Morgan fingerprint density at radius 1 is 0.971 bits per heavy atom. The van der Waals surface area contributed by atoms with Crippen molar-refractivity contribution in [1.82, 2.24) is 9.88 Å². The van der Waals surface area contributed by atoms with Crippen molar-refractivity contribution in [3.05, 3.63) is 94.5 Å². The molecule has 1 aromatic heterocycles. The maximum absolute atomic E-state index is 12.8. The van der Waals surface area contributed by atoms with Crippen LogP contribution in [0.1, 0.15) is 39.3 Å². The van der Waals surface area contributed by atoms with Gasteiger partial charge in [0.1, 0.15) is 0 Å². The van der Waals surface area contributed by atoms with Crippen LogP contribution in [0.4, 0.5) is 5.69 Å². The van der Waals surface area contributed by atoms with Crippen LogP contribution < -0.4 is 5.32 Å². The van der Waals surface area contributed by atoms with Crippen LogP contribution in [0.2, 0.25) is 0 Å². The first kappa shape index (κ1) is 22.3. The number of likely N-dealkylation sites (tertiary alicyclic amines) is 1. The quantitative estimate of drug-likeness (QED) is 0.409. The molecule has 0 bridgehead atoms. The first-order valence-corrected chi connectivity index (χ1v) is 12.5. The van der Waals surface area contributed by atoms with Crippen molar-refractivity contribution in [2.75, 3.05) is 18.4 Å². The number of fused-ring (bicyclic) bond motifs is 1. The maximum atomic E-state index is 12.8. The predicted octanol–water partition coefficient (Wildman–Crippen LogP) is 5.69. The van der Waals surface area contributed by atoms with Crippen molar-refractivity contribution < 1.29 is 9.59 Å². The zero-order chi connectivity index (χ0) is 23.5. The molecule has 5 nitrogen and oxygen atoms in total. The standard InChI is InChI=1S/C28H27N3O2S/c1-19-6-2-3-7-23(19)28(33)31-16-14-21(15-17-31)27(32)29-22-12-10-20(11-13-22)18-26-30-24-8-4-5-9-25(24)34-26/h2-13,21H,14-18H2,1H3,(H,29,32). The van der Waals surface area contributed by atoms with E-state index in [2.05, 4.69) is 11.4 Å². The number of carbonyl (C=O) groups is 2. The molecule has 2 amide bonds. The van der Waals surface area contributed by atoms with Crippen LogP contribution in [0.25, 0.3) is 10.2 Å². The van der Waals surface area contributed by atoms with Crippen molar-refractivity contribution in [2.24, 2.45) is 5.92 Å². The molecule has 1 aliphatic rings. The summed E-state index contributed by atoms with van der Waals surface area (Å²) in [6.07, 6.45) is 2.14. The van der Waals surface area contributed by atoms with E-state index in [1.807, 2.05) is 78.6 Å². The zero-order valence-electron chi connectivity index (χ0n) is 19.2. The molecule has 1 fully saturated rings. The second-order valence-corrected chi connectivity index (χ2v) is 9.93. The molecule has 0 spiro atoms. The van der Waals surface area contributed by atoms with Crippen LogP contribution >= 0.6 is 11.3 Å². The molecule has 0 unspecified atom stereocenters. The largest absolute Gasteiger partial charge is 0.339 e. The van der Waals surface area contributed by atoms with E-state index in [0.29, 0.717) is 25.9 Å². The van der Waals surface area contributed by atoms with Crippen LogP contribution in [0, 0.1) is 12.8 Å². The first-order chi connectivity index (χ1) is 16.6. The minimum Gasteiger partial charge on any atom is -0.339 e. The highest BCUT2D eigenvalue weighted by Crippen LogP contribution is 2.25. The maximum Gasteiger partial charge on any atom is 0.254 e. The molecular weight excluding hydrogens is 442 g/mol. The van der Waals surface area contributed by atoms with Crippen LogP contribution in [-0.4, -0.2) is 34.8 Å². The number of rotatable bonds is 5. The second kappa shape index (κ2) is 9.77. The van der Waals surface area contributed by atoms with Gasteiger partial charge in [0, 0.05) is 36.7 Å². The lowest BCUT2D eigenvalue weighted by molar-refractivity contribution is -0.121. The highest BCUT2D eigenvalue weighted by molar-refractivity contribution is 7.18. The summed E-state index contributed by atoms with van der Waals surface area (Å²) in [4.78, 5) is 32.2. The number of aryl methyl sites for hydroxylation is 1. The summed E-state index contributed by atoms with van der Waals surface area (Å²) in [5.41, 5.74) is 4.74. The summed E-state index contributed by atoms with van der Waals surface area (Å²) in [6.45, 7) is 3.16. The number of nitrogens with zero attached hydrogens (tertiary/aromatic N) is 2. The first-order valence-electron chi connectivity index (χ1n) is 11.7. The summed E-state index contributed by atoms with van der Waals surface area (Å²) in [5, 5.41) is 4.14. The summed E-state index contributed by atoms with van der Waals surface area (Å²) in [5.74, 6) is 0.00549. The van der Waals surface area contributed by atoms with Crippen molar-refractivity contribution >= 4 is 39.1 Å². The monoisotopic (exact) mass is 469 g/mol. The summed E-state index contributed by atoms with van der Waals surface area (Å²) < 4.78 is 1.20. The SMILES string of the molecule is Cc1ccccc1C(=O)N1CCC(C(=O)Nc2ccc(Cc3nc4ccccc4s3)cc2)CC1. The number of para-hydroxylation sites is 1. The van der Waals surface area contributed by atoms with Gasteiger partial charge in [0.2, 0.25) is 5.91 Å². The van der Waals surface area contributed by atoms with Crippen LogP contribution in [0.3, 0.4) is 0 Å². The molecule has 0 aliphatic carbocycles. The Bertz CT molecular complexity index is 1290. The van der Waals surface area contributed by atoms with E-state index >= 15 is 0 Å². The molecule has 5 rings (SSSR count). The summed E-state index contributed by atoms with van der Waals surface area (Å²) >= 11 is 1.72. The number of amides is 2. The fraction of sp³-hybridized carbons (Fsp3) is 0.250. The van der Waals surface area contributed by atoms with E-state index in [1.54, 1.807) is 11.3 Å². The minimum absolute atomic E-state index is 0.0295.